The summed E-state index contributed by atoms with van der Waals surface area (Å²) in [7, 11) is 1.57. The average Bonchev–Trinajstić information content (AvgIpc) is 3.40. The number of carboxylic acid groups (broad SMARTS) is 1. The van der Waals surface area contributed by atoms with Gasteiger partial charge in [-0.2, -0.15) is 0 Å². The minimum atomic E-state index is -0.785. The van der Waals surface area contributed by atoms with Gasteiger partial charge in [-0.05, 0) is 36.5 Å². The Bertz CT molecular complexity index is 1190. The number of rotatable bonds is 6. The molecule has 2 aliphatic rings. The van der Waals surface area contributed by atoms with Crippen molar-refractivity contribution in [3.8, 4) is 5.75 Å². The van der Waals surface area contributed by atoms with Crippen LogP contribution >= 0.6 is 11.6 Å². The monoisotopic (exact) mass is 442 g/mol. The summed E-state index contributed by atoms with van der Waals surface area (Å²) in [5.41, 5.74) is 1.65. The number of carbonyl (C=O) groups is 1. The lowest BCUT2D eigenvalue weighted by molar-refractivity contribution is -0.143. The third-order valence-corrected chi connectivity index (χ3v) is 6.41. The molecule has 7 nitrogen and oxygen atoms in total. The van der Waals surface area contributed by atoms with E-state index in [0.717, 1.165) is 18.5 Å². The third-order valence-electron chi connectivity index (χ3n) is 6.11. The predicted molar refractivity (Wildman–Crippen MR) is 114 cm³/mol. The summed E-state index contributed by atoms with van der Waals surface area (Å²) in [4.78, 5) is 22.3. The lowest BCUT2D eigenvalue weighted by Gasteiger charge is -2.25. The molecular formula is C22H20ClFN4O3. The quantitative estimate of drug-likeness (QED) is 0.594. The molecule has 3 atom stereocenters. The number of aromatic nitrogens is 2. The van der Waals surface area contributed by atoms with E-state index in [1.807, 2.05) is 11.0 Å². The highest BCUT2D eigenvalue weighted by atomic mass is 35.5. The van der Waals surface area contributed by atoms with Crippen LogP contribution < -0.4 is 10.1 Å². The van der Waals surface area contributed by atoms with Gasteiger partial charge in [0.2, 0.25) is 0 Å². The number of aliphatic carboxylic acids is 1. The zero-order valence-corrected chi connectivity index (χ0v) is 17.4. The second-order valence-corrected chi connectivity index (χ2v) is 8.41. The van der Waals surface area contributed by atoms with Gasteiger partial charge in [-0.15, -0.1) is 0 Å². The average molecular weight is 443 g/mol. The second kappa shape index (κ2) is 7.62. The standard InChI is InChI=1S/C22H20ClFN4O3/c1-31-18-7-17-14(6-12(18)9-28-8-11-5-13(11)20(28)22(29)30)21(26-10-25-17)27-16-4-2-3-15(23)19(16)24/h2-4,6-7,10-11,13,20H,5,8-9H2,1H3,(H,29,30)(H,25,26,27)/t11-,13-,20?/m0/s1. The molecule has 1 aromatic heterocycles. The Kier molecular flexibility index (Phi) is 4.91. The highest BCUT2D eigenvalue weighted by Gasteiger charge is 2.55. The molecule has 2 heterocycles. The number of methoxy groups -OCH3 is 1. The van der Waals surface area contributed by atoms with E-state index in [2.05, 4.69) is 15.3 Å². The van der Waals surface area contributed by atoms with E-state index in [4.69, 9.17) is 16.3 Å². The molecule has 1 unspecified atom stereocenters. The fourth-order valence-electron chi connectivity index (χ4n) is 4.54. The van der Waals surface area contributed by atoms with Crippen molar-refractivity contribution in [3.05, 3.63) is 53.1 Å². The zero-order chi connectivity index (χ0) is 21.7. The van der Waals surface area contributed by atoms with Crippen molar-refractivity contribution in [2.24, 2.45) is 11.8 Å². The molecule has 0 bridgehead atoms. The maximum atomic E-state index is 14.4. The van der Waals surface area contributed by atoms with Crippen molar-refractivity contribution in [1.82, 2.24) is 14.9 Å². The molecule has 2 aromatic carbocycles. The van der Waals surface area contributed by atoms with E-state index in [9.17, 15) is 14.3 Å². The van der Waals surface area contributed by atoms with Crippen LogP contribution in [0.25, 0.3) is 10.9 Å². The van der Waals surface area contributed by atoms with E-state index in [-0.39, 0.29) is 16.6 Å². The number of nitrogens with zero attached hydrogens (tertiary/aromatic N) is 3. The molecule has 31 heavy (non-hydrogen) atoms. The number of benzene rings is 2. The number of fused-ring (bicyclic) bond motifs is 2. The minimum Gasteiger partial charge on any atom is -0.496 e. The lowest BCUT2D eigenvalue weighted by Crippen LogP contribution is -2.38. The van der Waals surface area contributed by atoms with Gasteiger partial charge < -0.3 is 15.2 Å². The van der Waals surface area contributed by atoms with Crippen molar-refractivity contribution < 1.29 is 19.0 Å². The van der Waals surface area contributed by atoms with E-state index in [1.165, 1.54) is 12.4 Å². The Balaban J connectivity index is 1.52. The number of hydrogen-bond donors (Lipinski definition) is 2. The van der Waals surface area contributed by atoms with Crippen molar-refractivity contribution >= 4 is 40.0 Å². The van der Waals surface area contributed by atoms with Crippen LogP contribution in [0, 0.1) is 17.7 Å². The van der Waals surface area contributed by atoms with Crippen molar-refractivity contribution in [3.63, 3.8) is 0 Å². The highest BCUT2D eigenvalue weighted by molar-refractivity contribution is 6.31. The summed E-state index contributed by atoms with van der Waals surface area (Å²) in [6.45, 7) is 1.19. The molecule has 160 valence electrons. The topological polar surface area (TPSA) is 87.6 Å². The van der Waals surface area contributed by atoms with Crippen LogP contribution in [-0.2, 0) is 11.3 Å². The van der Waals surface area contributed by atoms with Crippen LogP contribution in [0.15, 0.2) is 36.7 Å². The highest BCUT2D eigenvalue weighted by Crippen LogP contribution is 2.50. The molecule has 1 saturated heterocycles. The van der Waals surface area contributed by atoms with Crippen molar-refractivity contribution in [1.29, 1.82) is 0 Å². The van der Waals surface area contributed by atoms with Gasteiger partial charge in [0.15, 0.2) is 5.82 Å². The summed E-state index contributed by atoms with van der Waals surface area (Å²) in [6, 6.07) is 7.89. The zero-order valence-electron chi connectivity index (χ0n) is 16.7. The summed E-state index contributed by atoms with van der Waals surface area (Å²) < 4.78 is 20.0. The number of halogens is 2. The van der Waals surface area contributed by atoms with Gasteiger partial charge in [0, 0.05) is 30.1 Å². The minimum absolute atomic E-state index is 0.0121. The lowest BCUT2D eigenvalue weighted by atomic mass is 10.1. The molecule has 5 rings (SSSR count). The molecule has 2 N–H and O–H groups in total. The van der Waals surface area contributed by atoms with Crippen LogP contribution in [0.2, 0.25) is 5.02 Å². The molecule has 1 aliphatic heterocycles. The number of hydrogen-bond acceptors (Lipinski definition) is 6. The van der Waals surface area contributed by atoms with E-state index in [1.54, 1.807) is 25.3 Å². The van der Waals surface area contributed by atoms with Crippen LogP contribution in [0.5, 0.6) is 5.75 Å². The van der Waals surface area contributed by atoms with Gasteiger partial charge in [-0.3, -0.25) is 9.69 Å². The van der Waals surface area contributed by atoms with Crippen molar-refractivity contribution in [2.75, 3.05) is 19.0 Å². The summed E-state index contributed by atoms with van der Waals surface area (Å²) in [5.74, 6) is 0.385. The molecule has 2 fully saturated rings. The van der Waals surface area contributed by atoms with Gasteiger partial charge in [0.25, 0.3) is 0 Å². The smallest absolute Gasteiger partial charge is 0.321 e. The number of piperidine rings is 1. The first kappa shape index (κ1) is 20.0. The summed E-state index contributed by atoms with van der Waals surface area (Å²) in [6.07, 6.45) is 2.37. The van der Waals surface area contributed by atoms with Gasteiger partial charge in [-0.1, -0.05) is 17.7 Å². The molecule has 0 amide bonds. The maximum Gasteiger partial charge on any atom is 0.321 e. The number of ether oxygens (including phenoxy) is 1. The van der Waals surface area contributed by atoms with E-state index < -0.39 is 17.8 Å². The fourth-order valence-corrected chi connectivity index (χ4v) is 4.72. The number of anilines is 2. The molecule has 3 aromatic rings. The number of carboxylic acids is 1. The molecular weight excluding hydrogens is 423 g/mol. The third kappa shape index (κ3) is 3.55. The molecule has 0 spiro atoms. The Morgan fingerprint density at radius 3 is 3.00 bits per heavy atom. The normalized spacial score (nSPS) is 22.4. The first-order chi connectivity index (χ1) is 15.0. The Hall–Kier alpha value is -2.97. The van der Waals surface area contributed by atoms with Gasteiger partial charge in [-0.25, -0.2) is 14.4 Å². The van der Waals surface area contributed by atoms with Crippen molar-refractivity contribution in [2.45, 2.75) is 19.0 Å². The van der Waals surface area contributed by atoms with Gasteiger partial charge >= 0.3 is 5.97 Å². The number of nitrogens with one attached hydrogen (secondary N) is 1. The summed E-state index contributed by atoms with van der Waals surface area (Å²) in [5, 5.41) is 13.3. The fraction of sp³-hybridized carbons (Fsp3) is 0.318. The Labute approximate surface area is 182 Å². The second-order valence-electron chi connectivity index (χ2n) is 8.00. The maximum absolute atomic E-state index is 14.4. The molecule has 0 radical (unpaired) electrons. The van der Waals surface area contributed by atoms with Gasteiger partial charge in [0.1, 0.15) is 23.9 Å². The first-order valence-electron chi connectivity index (χ1n) is 9.95. The Morgan fingerprint density at radius 2 is 2.23 bits per heavy atom. The van der Waals surface area contributed by atoms with Gasteiger partial charge in [0.05, 0.1) is 23.3 Å². The molecule has 9 heteroatoms. The number of likely N-dealkylation sites (tertiary alicyclic amines) is 1. The molecule has 1 saturated carbocycles. The molecule has 1 aliphatic carbocycles. The first-order valence-corrected chi connectivity index (χ1v) is 10.3. The SMILES string of the molecule is COc1cc2ncnc(Nc3cccc(Cl)c3F)c2cc1CN1C[C@@H]2C[C@@H]2C1C(=O)O. The largest absolute Gasteiger partial charge is 0.496 e. The van der Waals surface area contributed by atoms with E-state index >= 15 is 0 Å². The summed E-state index contributed by atoms with van der Waals surface area (Å²) >= 11 is 5.89. The van der Waals surface area contributed by atoms with Crippen LogP contribution in [0.3, 0.4) is 0 Å². The van der Waals surface area contributed by atoms with Crippen LogP contribution in [-0.4, -0.2) is 45.6 Å². The predicted octanol–water partition coefficient (Wildman–Crippen LogP) is 4.08. The van der Waals surface area contributed by atoms with E-state index in [0.29, 0.717) is 34.9 Å². The Morgan fingerprint density at radius 1 is 1.39 bits per heavy atom. The van der Waals surface area contributed by atoms with Crippen LogP contribution in [0.1, 0.15) is 12.0 Å². The van der Waals surface area contributed by atoms with Crippen LogP contribution in [0.4, 0.5) is 15.9 Å².